The molecule has 14 heavy (non-hydrogen) atoms. The molecule has 0 saturated carbocycles. The Morgan fingerprint density at radius 3 is 2.79 bits per heavy atom. The van der Waals surface area contributed by atoms with Gasteiger partial charge in [0.2, 0.25) is 0 Å². The first-order chi connectivity index (χ1) is 6.76. The monoisotopic (exact) mass is 213 g/mol. The minimum absolute atomic E-state index is 0.0675. The lowest BCUT2D eigenvalue weighted by molar-refractivity contribution is 0.118. The largest absolute Gasteiger partial charge is 0.396 e. The van der Waals surface area contributed by atoms with Gasteiger partial charge in [0.15, 0.2) is 0 Å². The quantitative estimate of drug-likeness (QED) is 0.759. The van der Waals surface area contributed by atoms with Crippen LogP contribution in [-0.4, -0.2) is 18.3 Å². The van der Waals surface area contributed by atoms with Crippen LogP contribution in [0.3, 0.4) is 0 Å². The summed E-state index contributed by atoms with van der Waals surface area (Å²) in [7, 11) is 0. The van der Waals surface area contributed by atoms with Crippen LogP contribution in [0.4, 0.5) is 0 Å². The van der Waals surface area contributed by atoms with Crippen molar-refractivity contribution in [2.45, 2.75) is 26.2 Å². The third-order valence-electron chi connectivity index (χ3n) is 3.04. The molecule has 1 atom stereocenters. The fourth-order valence-electron chi connectivity index (χ4n) is 1.52. The van der Waals surface area contributed by atoms with Gasteiger partial charge in [0.1, 0.15) is 0 Å². The zero-order valence-corrected chi connectivity index (χ0v) is 9.52. The molecule has 3 N–H and O–H groups in total. The Morgan fingerprint density at radius 2 is 2.36 bits per heavy atom. The summed E-state index contributed by atoms with van der Waals surface area (Å²) in [5.74, 6) is 0. The van der Waals surface area contributed by atoms with Gasteiger partial charge in [0, 0.05) is 18.6 Å². The number of aryl methyl sites for hydroxylation is 1. The van der Waals surface area contributed by atoms with E-state index in [1.54, 1.807) is 11.3 Å². The normalized spacial score (nSPS) is 15.4. The van der Waals surface area contributed by atoms with Crippen LogP contribution in [-0.2, 0) is 6.42 Å². The highest BCUT2D eigenvalue weighted by Gasteiger charge is 2.25. The van der Waals surface area contributed by atoms with Gasteiger partial charge in [-0.15, -0.1) is 0 Å². The average Bonchev–Trinajstić information content (AvgIpc) is 2.74. The van der Waals surface area contributed by atoms with Gasteiger partial charge in [-0.2, -0.15) is 11.3 Å². The van der Waals surface area contributed by atoms with E-state index in [1.165, 1.54) is 5.56 Å². The molecule has 0 aliphatic heterocycles. The second-order valence-electron chi connectivity index (χ2n) is 3.85. The molecule has 0 fully saturated rings. The van der Waals surface area contributed by atoms with E-state index in [4.69, 9.17) is 5.73 Å². The van der Waals surface area contributed by atoms with Crippen LogP contribution in [0.2, 0.25) is 0 Å². The van der Waals surface area contributed by atoms with E-state index in [0.717, 1.165) is 19.3 Å². The van der Waals surface area contributed by atoms with Gasteiger partial charge < -0.3 is 10.8 Å². The molecule has 1 aromatic heterocycles. The summed E-state index contributed by atoms with van der Waals surface area (Å²) in [5.41, 5.74) is 7.00. The molecular weight excluding hydrogens is 194 g/mol. The zero-order valence-electron chi connectivity index (χ0n) is 8.70. The van der Waals surface area contributed by atoms with Crippen LogP contribution in [0.1, 0.15) is 25.3 Å². The molecule has 1 heterocycles. The predicted octanol–water partition coefficient (Wildman–Crippen LogP) is 2.03. The minimum Gasteiger partial charge on any atom is -0.396 e. The van der Waals surface area contributed by atoms with Crippen LogP contribution in [0.5, 0.6) is 0 Å². The second-order valence-corrected chi connectivity index (χ2v) is 4.63. The molecule has 1 unspecified atom stereocenters. The van der Waals surface area contributed by atoms with E-state index in [0.29, 0.717) is 6.54 Å². The summed E-state index contributed by atoms with van der Waals surface area (Å²) < 4.78 is 0. The summed E-state index contributed by atoms with van der Waals surface area (Å²) in [6.07, 6.45) is 2.95. The number of hydrogen-bond acceptors (Lipinski definition) is 3. The van der Waals surface area contributed by atoms with Gasteiger partial charge in [0.05, 0.1) is 0 Å². The maximum atomic E-state index is 9.33. The van der Waals surface area contributed by atoms with Gasteiger partial charge in [-0.25, -0.2) is 0 Å². The Morgan fingerprint density at radius 1 is 1.57 bits per heavy atom. The molecule has 0 spiro atoms. The fourth-order valence-corrected chi connectivity index (χ4v) is 2.23. The predicted molar refractivity (Wildman–Crippen MR) is 61.5 cm³/mol. The minimum atomic E-state index is -0.0675. The van der Waals surface area contributed by atoms with E-state index >= 15 is 0 Å². The lowest BCUT2D eigenvalue weighted by atomic mass is 9.81. The van der Waals surface area contributed by atoms with Crippen molar-refractivity contribution < 1.29 is 5.11 Å². The number of thiophene rings is 1. The molecule has 0 aliphatic carbocycles. The van der Waals surface area contributed by atoms with Gasteiger partial charge in [-0.05, 0) is 41.7 Å². The first-order valence-corrected chi connectivity index (χ1v) is 6.02. The summed E-state index contributed by atoms with van der Waals surface area (Å²) in [6, 6.07) is 2.14. The molecule has 0 amide bonds. The number of hydrogen-bond donors (Lipinski definition) is 2. The van der Waals surface area contributed by atoms with Crippen molar-refractivity contribution in [1.29, 1.82) is 0 Å². The van der Waals surface area contributed by atoms with E-state index < -0.39 is 0 Å². The molecule has 2 nitrogen and oxygen atoms in total. The Labute approximate surface area is 89.8 Å². The number of rotatable bonds is 6. The molecule has 80 valence electrons. The van der Waals surface area contributed by atoms with Crippen molar-refractivity contribution in [3.8, 4) is 0 Å². The van der Waals surface area contributed by atoms with Gasteiger partial charge >= 0.3 is 0 Å². The van der Waals surface area contributed by atoms with Crippen molar-refractivity contribution in [1.82, 2.24) is 0 Å². The highest BCUT2D eigenvalue weighted by atomic mass is 32.1. The van der Waals surface area contributed by atoms with Crippen LogP contribution in [0.25, 0.3) is 0 Å². The number of aliphatic hydroxyl groups excluding tert-OH is 1. The molecule has 0 saturated heterocycles. The second kappa shape index (κ2) is 5.49. The molecular formula is C11H19NOS. The average molecular weight is 213 g/mol. The van der Waals surface area contributed by atoms with Gasteiger partial charge in [-0.3, -0.25) is 0 Å². The molecule has 3 heteroatoms. The highest BCUT2D eigenvalue weighted by molar-refractivity contribution is 7.07. The fraction of sp³-hybridized carbons (Fsp3) is 0.636. The Kier molecular flexibility index (Phi) is 4.58. The van der Waals surface area contributed by atoms with Crippen molar-refractivity contribution in [2.24, 2.45) is 11.1 Å². The van der Waals surface area contributed by atoms with Crippen LogP contribution in [0, 0.1) is 5.41 Å². The molecule has 0 radical (unpaired) electrons. The lowest BCUT2D eigenvalue weighted by Crippen LogP contribution is -2.34. The molecule has 0 aliphatic rings. The Bertz CT molecular complexity index is 234. The van der Waals surface area contributed by atoms with Crippen molar-refractivity contribution in [3.05, 3.63) is 22.4 Å². The van der Waals surface area contributed by atoms with Crippen molar-refractivity contribution >= 4 is 11.3 Å². The summed E-state index contributed by atoms with van der Waals surface area (Å²) in [5, 5.41) is 13.6. The first kappa shape index (κ1) is 11.7. The van der Waals surface area contributed by atoms with E-state index in [2.05, 4.69) is 23.8 Å². The van der Waals surface area contributed by atoms with E-state index in [-0.39, 0.29) is 12.0 Å². The summed E-state index contributed by atoms with van der Waals surface area (Å²) >= 11 is 1.72. The topological polar surface area (TPSA) is 46.2 Å². The third kappa shape index (κ3) is 2.80. The molecule has 0 aromatic carbocycles. The SMILES string of the molecule is CCC(CN)(CO)CCc1ccsc1. The molecule has 0 bridgehead atoms. The van der Waals surface area contributed by atoms with Crippen LogP contribution in [0.15, 0.2) is 16.8 Å². The summed E-state index contributed by atoms with van der Waals surface area (Å²) in [6.45, 7) is 2.87. The first-order valence-electron chi connectivity index (χ1n) is 5.08. The third-order valence-corrected chi connectivity index (χ3v) is 3.77. The van der Waals surface area contributed by atoms with E-state index in [9.17, 15) is 5.11 Å². The van der Waals surface area contributed by atoms with E-state index in [1.807, 2.05) is 0 Å². The number of nitrogens with two attached hydrogens (primary N) is 1. The Balaban J connectivity index is 2.48. The van der Waals surface area contributed by atoms with Gasteiger partial charge in [0.25, 0.3) is 0 Å². The van der Waals surface area contributed by atoms with Crippen LogP contribution >= 0.6 is 11.3 Å². The maximum Gasteiger partial charge on any atom is 0.0499 e. The smallest absolute Gasteiger partial charge is 0.0499 e. The maximum absolute atomic E-state index is 9.33. The van der Waals surface area contributed by atoms with Gasteiger partial charge in [-0.1, -0.05) is 6.92 Å². The zero-order chi connectivity index (χ0) is 10.4. The van der Waals surface area contributed by atoms with Crippen molar-refractivity contribution in [3.63, 3.8) is 0 Å². The standard InChI is InChI=1S/C11H19NOS/c1-2-11(8-12,9-13)5-3-10-4-6-14-7-10/h4,6-7,13H,2-3,5,8-9,12H2,1H3. The number of aliphatic hydroxyl groups is 1. The van der Waals surface area contributed by atoms with Crippen molar-refractivity contribution in [2.75, 3.05) is 13.2 Å². The molecule has 1 aromatic rings. The Hall–Kier alpha value is -0.380. The highest BCUT2D eigenvalue weighted by Crippen LogP contribution is 2.26. The lowest BCUT2D eigenvalue weighted by Gasteiger charge is -2.28. The summed E-state index contributed by atoms with van der Waals surface area (Å²) in [4.78, 5) is 0. The van der Waals surface area contributed by atoms with Crippen LogP contribution < -0.4 is 5.73 Å². The molecule has 1 rings (SSSR count).